The summed E-state index contributed by atoms with van der Waals surface area (Å²) >= 11 is 0. The average molecular weight is 728 g/mol. The zero-order chi connectivity index (χ0) is 36.3. The fourth-order valence-corrected chi connectivity index (χ4v) is 10.2. The van der Waals surface area contributed by atoms with Crippen LogP contribution >= 0.6 is 0 Å². The molecule has 0 radical (unpaired) electrons. The number of amides is 1. The van der Waals surface area contributed by atoms with Crippen molar-refractivity contribution in [3.63, 3.8) is 0 Å². The lowest BCUT2D eigenvalue weighted by Gasteiger charge is -2.52. The van der Waals surface area contributed by atoms with Crippen LogP contribution in [0.4, 0.5) is 30.5 Å². The molecular formula is C36H40F3N5O6S. The van der Waals surface area contributed by atoms with Crippen LogP contribution < -0.4 is 14.9 Å². The van der Waals surface area contributed by atoms with E-state index in [4.69, 9.17) is 4.74 Å². The highest BCUT2D eigenvalue weighted by atomic mass is 32.2. The summed E-state index contributed by atoms with van der Waals surface area (Å²) in [5.41, 5.74) is -3.13. The number of sulfonamides is 1. The predicted molar refractivity (Wildman–Crippen MR) is 181 cm³/mol. The van der Waals surface area contributed by atoms with Crippen LogP contribution in [-0.4, -0.2) is 60.7 Å². The van der Waals surface area contributed by atoms with Crippen molar-refractivity contribution in [2.75, 3.05) is 29.4 Å². The van der Waals surface area contributed by atoms with E-state index >= 15 is 0 Å². The van der Waals surface area contributed by atoms with Gasteiger partial charge < -0.3 is 20.1 Å². The van der Waals surface area contributed by atoms with Crippen molar-refractivity contribution in [1.29, 1.82) is 0 Å². The molecule has 2 saturated carbocycles. The molecule has 2 aliphatic heterocycles. The molecule has 4 aliphatic rings. The quantitative estimate of drug-likeness (QED) is 0.261. The predicted octanol–water partition coefficient (Wildman–Crippen LogP) is 6.14. The van der Waals surface area contributed by atoms with Crippen LogP contribution in [0.5, 0.6) is 0 Å². The lowest BCUT2D eigenvalue weighted by atomic mass is 9.56. The number of benzene rings is 2. The fraction of sp³-hybridized carbons (Fsp3) is 0.500. The number of carboxylic acids is 1. The second kappa shape index (κ2) is 12.8. The van der Waals surface area contributed by atoms with E-state index in [2.05, 4.69) is 20.0 Å². The van der Waals surface area contributed by atoms with Gasteiger partial charge >= 0.3 is 12.1 Å². The lowest BCUT2D eigenvalue weighted by molar-refractivity contribution is -0.155. The van der Waals surface area contributed by atoms with Crippen LogP contribution in [0.25, 0.3) is 0 Å². The van der Waals surface area contributed by atoms with Crippen molar-refractivity contribution in [3.8, 4) is 0 Å². The summed E-state index contributed by atoms with van der Waals surface area (Å²) in [4.78, 5) is 36.5. The van der Waals surface area contributed by atoms with Gasteiger partial charge in [-0.25, -0.2) is 23.2 Å². The van der Waals surface area contributed by atoms with Gasteiger partial charge in [0.05, 0.1) is 10.5 Å². The minimum atomic E-state index is -5.07. The van der Waals surface area contributed by atoms with Crippen LogP contribution in [-0.2, 0) is 31.1 Å². The van der Waals surface area contributed by atoms with E-state index in [-0.39, 0.29) is 29.0 Å². The van der Waals surface area contributed by atoms with Crippen molar-refractivity contribution in [2.24, 2.45) is 23.7 Å². The maximum atomic E-state index is 14.7. The van der Waals surface area contributed by atoms with Crippen molar-refractivity contribution in [2.45, 2.75) is 74.4 Å². The summed E-state index contributed by atoms with van der Waals surface area (Å²) in [6.45, 7) is 4.76. The average Bonchev–Trinajstić information content (AvgIpc) is 3.38. The number of ether oxygens (including phenoxy) is 1. The van der Waals surface area contributed by atoms with E-state index < -0.39 is 62.1 Å². The molecule has 15 heteroatoms. The Morgan fingerprint density at radius 3 is 2.43 bits per heavy atom. The first-order chi connectivity index (χ1) is 24.1. The number of fused-ring (bicyclic) bond motifs is 4. The number of aromatic nitrogens is 2. The molecule has 1 amide bonds. The minimum absolute atomic E-state index is 0.0785. The molecule has 3 heterocycles. The number of rotatable bonds is 7. The maximum absolute atomic E-state index is 14.7. The van der Waals surface area contributed by atoms with E-state index in [1.165, 1.54) is 18.2 Å². The zero-order valence-corrected chi connectivity index (χ0v) is 29.1. The second-order valence-electron chi connectivity index (χ2n) is 14.7. The summed E-state index contributed by atoms with van der Waals surface area (Å²) in [6.07, 6.45) is -0.565. The number of hydrogen-bond donors (Lipinski definition) is 3. The number of nitrogens with zero attached hydrogens (tertiary/aromatic N) is 3. The van der Waals surface area contributed by atoms with Gasteiger partial charge in [-0.15, -0.1) is 0 Å². The van der Waals surface area contributed by atoms with Crippen LogP contribution in [0.1, 0.15) is 74.0 Å². The van der Waals surface area contributed by atoms with Crippen LogP contribution in [0.3, 0.4) is 0 Å². The first-order valence-corrected chi connectivity index (χ1v) is 18.7. The Bertz CT molecular complexity index is 1950. The van der Waals surface area contributed by atoms with E-state index in [1.807, 2.05) is 6.92 Å². The molecule has 3 aromatic rings. The highest BCUT2D eigenvalue weighted by Crippen LogP contribution is 2.52. The molecule has 51 heavy (non-hydrogen) atoms. The molecule has 1 aromatic heterocycles. The number of carbonyl (C=O) groups excluding carboxylic acids is 1. The van der Waals surface area contributed by atoms with E-state index in [9.17, 15) is 36.3 Å². The monoisotopic (exact) mass is 727 g/mol. The maximum Gasteiger partial charge on any atom is 0.434 e. The lowest BCUT2D eigenvalue weighted by Crippen LogP contribution is -2.66. The normalized spacial score (nSPS) is 27.1. The van der Waals surface area contributed by atoms with Gasteiger partial charge in [-0.05, 0) is 98.1 Å². The number of alkyl halides is 3. The van der Waals surface area contributed by atoms with Gasteiger partial charge in [0, 0.05) is 42.7 Å². The zero-order valence-electron chi connectivity index (χ0n) is 28.2. The molecule has 5 atom stereocenters. The molecule has 272 valence electrons. The standard InChI is InChI=1S/C36H40F3N5O6S/c1-21-14-23-16-22(2)35(32(46)47,24(15-21)17-23)42-31(45)27-19-40-33(41-30(27)36(37,38)39)44-20-34(10-12-50-13-11-34)28-18-25(8-9-29(28)44)43-51(48,49)26-6-4-3-5-7-26/h3-9,18-19,21-24,43H,10-17,20H2,1-2H3,(H,42,45)(H,46,47). The molecule has 2 aromatic carbocycles. The SMILES string of the molecule is CC1CC2CC(C)C(NC(=O)c3cnc(N4CC5(CCOCC5)c5cc(NS(=O)(=O)c6ccccc6)ccc54)nc3C(F)(F)F)(C(=O)O)C(C1)C2. The Labute approximate surface area is 294 Å². The molecule has 3 fully saturated rings. The summed E-state index contributed by atoms with van der Waals surface area (Å²) < 4.78 is 78.7. The fourth-order valence-electron chi connectivity index (χ4n) is 9.12. The molecule has 2 aliphatic carbocycles. The third kappa shape index (κ3) is 6.21. The van der Waals surface area contributed by atoms with Gasteiger partial charge in [0.1, 0.15) is 5.54 Å². The van der Waals surface area contributed by atoms with Gasteiger partial charge in [0.15, 0.2) is 5.69 Å². The van der Waals surface area contributed by atoms with E-state index in [0.29, 0.717) is 62.5 Å². The van der Waals surface area contributed by atoms with Crippen molar-refractivity contribution >= 4 is 39.2 Å². The summed E-state index contributed by atoms with van der Waals surface area (Å²) in [5, 5.41) is 13.1. The Balaban J connectivity index is 1.24. The van der Waals surface area contributed by atoms with Crippen molar-refractivity contribution in [3.05, 3.63) is 71.5 Å². The number of carbonyl (C=O) groups is 2. The Morgan fingerprint density at radius 1 is 1.02 bits per heavy atom. The topological polar surface area (TPSA) is 151 Å². The number of nitrogens with one attached hydrogen (secondary N) is 2. The minimum Gasteiger partial charge on any atom is -0.479 e. The van der Waals surface area contributed by atoms with E-state index in [0.717, 1.165) is 12.6 Å². The highest BCUT2D eigenvalue weighted by molar-refractivity contribution is 7.92. The third-order valence-electron chi connectivity index (χ3n) is 11.4. The molecule has 1 spiro atoms. The van der Waals surface area contributed by atoms with Gasteiger partial charge in [-0.2, -0.15) is 13.2 Å². The molecule has 3 N–H and O–H groups in total. The number of anilines is 3. The van der Waals surface area contributed by atoms with Gasteiger partial charge in [-0.3, -0.25) is 9.52 Å². The van der Waals surface area contributed by atoms with Gasteiger partial charge in [0.25, 0.3) is 15.9 Å². The van der Waals surface area contributed by atoms with Crippen LogP contribution in [0.15, 0.2) is 59.6 Å². The first-order valence-electron chi connectivity index (χ1n) is 17.2. The summed E-state index contributed by atoms with van der Waals surface area (Å²) in [7, 11) is -3.92. The Kier molecular flexibility index (Phi) is 8.80. The molecule has 7 rings (SSSR count). The number of carboxylic acid groups (broad SMARTS) is 1. The largest absolute Gasteiger partial charge is 0.479 e. The smallest absolute Gasteiger partial charge is 0.434 e. The summed E-state index contributed by atoms with van der Waals surface area (Å²) in [5.74, 6) is -3.12. The van der Waals surface area contributed by atoms with Crippen LogP contribution in [0.2, 0.25) is 0 Å². The number of aliphatic carboxylic acids is 1. The number of halogens is 3. The molecular weight excluding hydrogens is 687 g/mol. The Morgan fingerprint density at radius 2 is 1.75 bits per heavy atom. The first kappa shape index (κ1) is 35.2. The Hall–Kier alpha value is -4.24. The van der Waals surface area contributed by atoms with E-state index in [1.54, 1.807) is 42.2 Å². The van der Waals surface area contributed by atoms with Gasteiger partial charge in [-0.1, -0.05) is 32.0 Å². The second-order valence-corrected chi connectivity index (χ2v) is 16.4. The third-order valence-corrected chi connectivity index (χ3v) is 12.8. The van der Waals surface area contributed by atoms with Crippen molar-refractivity contribution in [1.82, 2.24) is 15.3 Å². The van der Waals surface area contributed by atoms with Gasteiger partial charge in [0.2, 0.25) is 5.95 Å². The number of hydrogen-bond acceptors (Lipinski definition) is 8. The van der Waals surface area contributed by atoms with Crippen LogP contribution in [0, 0.1) is 23.7 Å². The summed E-state index contributed by atoms with van der Waals surface area (Å²) in [6, 6.07) is 12.7. The highest BCUT2D eigenvalue weighted by Gasteiger charge is 2.57. The van der Waals surface area contributed by atoms with Crippen molar-refractivity contribution < 1.29 is 41.0 Å². The molecule has 5 unspecified atom stereocenters. The molecule has 11 nitrogen and oxygen atoms in total. The molecule has 1 saturated heterocycles. The molecule has 2 bridgehead atoms.